The van der Waals surface area contributed by atoms with Crippen LogP contribution in [0.25, 0.3) is 0 Å². The fourth-order valence-corrected chi connectivity index (χ4v) is 1.84. The number of nitrogens with one attached hydrogen (secondary N) is 2. The molecule has 5 heteroatoms. The quantitative estimate of drug-likeness (QED) is 0.748. The predicted octanol–water partition coefficient (Wildman–Crippen LogP) is 3.61. The van der Waals surface area contributed by atoms with Gasteiger partial charge in [-0.25, -0.2) is 9.18 Å². The number of amides is 2. The van der Waals surface area contributed by atoms with E-state index >= 15 is 0 Å². The summed E-state index contributed by atoms with van der Waals surface area (Å²) < 4.78 is 13.4. The van der Waals surface area contributed by atoms with Gasteiger partial charge in [0.15, 0.2) is 0 Å². The number of nitrogen functional groups attached to an aromatic ring is 1. The van der Waals surface area contributed by atoms with E-state index in [0.717, 1.165) is 12.0 Å². The molecule has 0 spiro atoms. The number of hydrogen-bond donors (Lipinski definition) is 3. The maximum atomic E-state index is 13.4. The summed E-state index contributed by atoms with van der Waals surface area (Å²) in [7, 11) is 0. The van der Waals surface area contributed by atoms with Gasteiger partial charge >= 0.3 is 6.03 Å². The molecule has 0 aromatic heterocycles. The Bertz CT molecular complexity index is 628. The van der Waals surface area contributed by atoms with Crippen LogP contribution in [0.4, 0.5) is 26.2 Å². The number of aryl methyl sites for hydroxylation is 1. The number of benzene rings is 2. The summed E-state index contributed by atoms with van der Waals surface area (Å²) in [6, 6.07) is 10.8. The third-order valence-corrected chi connectivity index (χ3v) is 2.91. The number of hydrogen-bond acceptors (Lipinski definition) is 2. The lowest BCUT2D eigenvalue weighted by molar-refractivity contribution is 0.262. The van der Waals surface area contributed by atoms with Gasteiger partial charge in [-0.05, 0) is 36.2 Å². The number of carbonyl (C=O) groups excluding carboxylic acids is 1. The van der Waals surface area contributed by atoms with Crippen LogP contribution in [0.1, 0.15) is 12.5 Å². The number of nitrogens with two attached hydrogens (primary N) is 1. The van der Waals surface area contributed by atoms with Gasteiger partial charge in [0.1, 0.15) is 5.82 Å². The van der Waals surface area contributed by atoms with Crippen LogP contribution in [0.5, 0.6) is 0 Å². The predicted molar refractivity (Wildman–Crippen MR) is 79.3 cm³/mol. The molecule has 0 fully saturated rings. The van der Waals surface area contributed by atoms with E-state index in [4.69, 9.17) is 5.73 Å². The van der Waals surface area contributed by atoms with Crippen molar-refractivity contribution in [1.29, 1.82) is 0 Å². The Labute approximate surface area is 116 Å². The van der Waals surface area contributed by atoms with Crippen molar-refractivity contribution < 1.29 is 9.18 Å². The van der Waals surface area contributed by atoms with Gasteiger partial charge in [-0.3, -0.25) is 0 Å². The first-order valence-corrected chi connectivity index (χ1v) is 6.31. The van der Waals surface area contributed by atoms with E-state index in [0.29, 0.717) is 11.4 Å². The molecular formula is C15H16FN3O. The topological polar surface area (TPSA) is 67.2 Å². The molecular weight excluding hydrogens is 257 g/mol. The first-order valence-electron chi connectivity index (χ1n) is 6.31. The molecule has 2 aromatic carbocycles. The van der Waals surface area contributed by atoms with Crippen molar-refractivity contribution in [2.45, 2.75) is 13.3 Å². The lowest BCUT2D eigenvalue weighted by Crippen LogP contribution is -2.20. The summed E-state index contributed by atoms with van der Waals surface area (Å²) in [6.45, 7) is 2.00. The SMILES string of the molecule is CCc1ccc(NC(=O)Nc2ccccc2F)cc1N. The summed E-state index contributed by atoms with van der Waals surface area (Å²) >= 11 is 0. The molecule has 2 aromatic rings. The summed E-state index contributed by atoms with van der Waals surface area (Å²) in [5, 5.41) is 5.05. The molecule has 0 bridgehead atoms. The van der Waals surface area contributed by atoms with Crippen LogP contribution in [-0.4, -0.2) is 6.03 Å². The van der Waals surface area contributed by atoms with Crippen LogP contribution < -0.4 is 16.4 Å². The minimum atomic E-state index is -0.515. The van der Waals surface area contributed by atoms with Crippen molar-refractivity contribution in [1.82, 2.24) is 0 Å². The maximum Gasteiger partial charge on any atom is 0.323 e. The number of rotatable bonds is 3. The van der Waals surface area contributed by atoms with Crippen molar-refractivity contribution in [3.8, 4) is 0 Å². The molecule has 4 N–H and O–H groups in total. The standard InChI is InChI=1S/C15H16FN3O/c1-2-10-7-8-11(9-13(10)17)18-15(20)19-14-6-4-3-5-12(14)16/h3-9H,2,17H2,1H3,(H2,18,19,20). The summed E-state index contributed by atoms with van der Waals surface area (Å²) in [5.74, 6) is -0.483. The second kappa shape index (κ2) is 6.06. The Hall–Kier alpha value is -2.56. The Morgan fingerprint density at radius 2 is 1.95 bits per heavy atom. The smallest absolute Gasteiger partial charge is 0.323 e. The van der Waals surface area contributed by atoms with E-state index < -0.39 is 11.8 Å². The number of carbonyl (C=O) groups is 1. The van der Waals surface area contributed by atoms with E-state index in [2.05, 4.69) is 10.6 Å². The summed E-state index contributed by atoms with van der Waals surface area (Å²) in [4.78, 5) is 11.8. The Morgan fingerprint density at radius 1 is 1.20 bits per heavy atom. The van der Waals surface area contributed by atoms with Crippen molar-refractivity contribution in [3.05, 3.63) is 53.8 Å². The first-order chi connectivity index (χ1) is 9.60. The molecule has 0 saturated heterocycles. The highest BCUT2D eigenvalue weighted by molar-refractivity contribution is 6.00. The van der Waals surface area contributed by atoms with Crippen LogP contribution in [0.2, 0.25) is 0 Å². The number of urea groups is 1. The second-order valence-electron chi connectivity index (χ2n) is 4.33. The van der Waals surface area contributed by atoms with Crippen LogP contribution in [-0.2, 0) is 6.42 Å². The fourth-order valence-electron chi connectivity index (χ4n) is 1.84. The fraction of sp³-hybridized carbons (Fsp3) is 0.133. The van der Waals surface area contributed by atoms with Crippen molar-refractivity contribution in [2.75, 3.05) is 16.4 Å². The Kier molecular flexibility index (Phi) is 4.20. The molecule has 0 atom stereocenters. The largest absolute Gasteiger partial charge is 0.398 e. The van der Waals surface area contributed by atoms with Crippen molar-refractivity contribution in [3.63, 3.8) is 0 Å². The molecule has 0 saturated carbocycles. The van der Waals surface area contributed by atoms with Gasteiger partial charge in [0.25, 0.3) is 0 Å². The molecule has 2 rings (SSSR count). The minimum Gasteiger partial charge on any atom is -0.398 e. The third kappa shape index (κ3) is 3.26. The first kappa shape index (κ1) is 13.9. The molecule has 0 radical (unpaired) electrons. The van der Waals surface area contributed by atoms with Gasteiger partial charge < -0.3 is 16.4 Å². The monoisotopic (exact) mass is 273 g/mol. The van der Waals surface area contributed by atoms with Gasteiger partial charge in [-0.2, -0.15) is 0 Å². The highest BCUT2D eigenvalue weighted by atomic mass is 19.1. The molecule has 0 unspecified atom stereocenters. The average Bonchev–Trinajstić information content (AvgIpc) is 2.41. The summed E-state index contributed by atoms with van der Waals surface area (Å²) in [6.07, 6.45) is 0.827. The Morgan fingerprint density at radius 3 is 2.60 bits per heavy atom. The molecule has 0 heterocycles. The van der Waals surface area contributed by atoms with E-state index in [9.17, 15) is 9.18 Å². The molecule has 0 aliphatic rings. The van der Waals surface area contributed by atoms with Gasteiger partial charge in [0, 0.05) is 11.4 Å². The van der Waals surface area contributed by atoms with E-state index in [1.165, 1.54) is 12.1 Å². The molecule has 0 aliphatic heterocycles. The highest BCUT2D eigenvalue weighted by Crippen LogP contribution is 2.19. The van der Waals surface area contributed by atoms with Crippen LogP contribution in [0.3, 0.4) is 0 Å². The molecule has 2 amide bonds. The average molecular weight is 273 g/mol. The molecule has 104 valence electrons. The maximum absolute atomic E-state index is 13.4. The van der Waals surface area contributed by atoms with E-state index in [1.54, 1.807) is 24.3 Å². The zero-order chi connectivity index (χ0) is 14.5. The van der Waals surface area contributed by atoms with Gasteiger partial charge in [0.05, 0.1) is 5.69 Å². The van der Waals surface area contributed by atoms with Gasteiger partial charge in [0.2, 0.25) is 0 Å². The third-order valence-electron chi connectivity index (χ3n) is 2.91. The van der Waals surface area contributed by atoms with E-state index in [1.807, 2.05) is 13.0 Å². The molecule has 0 aliphatic carbocycles. The zero-order valence-electron chi connectivity index (χ0n) is 11.1. The Balaban J connectivity index is 2.05. The minimum absolute atomic E-state index is 0.128. The molecule has 4 nitrogen and oxygen atoms in total. The van der Waals surface area contributed by atoms with E-state index in [-0.39, 0.29) is 5.69 Å². The van der Waals surface area contributed by atoms with Crippen molar-refractivity contribution >= 4 is 23.1 Å². The van der Waals surface area contributed by atoms with Crippen LogP contribution >= 0.6 is 0 Å². The summed E-state index contributed by atoms with van der Waals surface area (Å²) in [5.41, 5.74) is 8.18. The van der Waals surface area contributed by atoms with Gasteiger partial charge in [-0.1, -0.05) is 25.1 Å². The van der Waals surface area contributed by atoms with Gasteiger partial charge in [-0.15, -0.1) is 0 Å². The second-order valence-corrected chi connectivity index (χ2v) is 4.33. The highest BCUT2D eigenvalue weighted by Gasteiger charge is 2.07. The number of anilines is 3. The molecule has 20 heavy (non-hydrogen) atoms. The van der Waals surface area contributed by atoms with Crippen molar-refractivity contribution in [2.24, 2.45) is 0 Å². The number of para-hydroxylation sites is 1. The lowest BCUT2D eigenvalue weighted by Gasteiger charge is -2.10. The normalized spacial score (nSPS) is 10.1. The van der Waals surface area contributed by atoms with Crippen LogP contribution in [0, 0.1) is 5.82 Å². The zero-order valence-corrected chi connectivity index (χ0v) is 11.1. The lowest BCUT2D eigenvalue weighted by atomic mass is 10.1. The van der Waals surface area contributed by atoms with Crippen LogP contribution in [0.15, 0.2) is 42.5 Å². The number of halogens is 1.